The second-order valence-electron chi connectivity index (χ2n) is 5.50. The quantitative estimate of drug-likeness (QED) is 0.934. The maximum atomic E-state index is 12.5. The molecule has 0 aliphatic carbocycles. The number of hydrogen-bond acceptors (Lipinski definition) is 2. The van der Waals surface area contributed by atoms with Gasteiger partial charge in [-0.05, 0) is 43.5 Å². The molecule has 0 saturated carbocycles. The molecule has 1 heterocycles. The van der Waals surface area contributed by atoms with Gasteiger partial charge in [-0.2, -0.15) is 0 Å². The van der Waals surface area contributed by atoms with Crippen molar-refractivity contribution in [3.63, 3.8) is 0 Å². The average Bonchev–Trinajstić information content (AvgIpc) is 2.53. The molecule has 3 nitrogen and oxygen atoms in total. The highest BCUT2D eigenvalue weighted by Crippen LogP contribution is 2.26. The Morgan fingerprint density at radius 1 is 1.14 bits per heavy atom. The minimum Gasteiger partial charge on any atom is -0.376 e. The molecule has 0 atom stereocenters. The Balaban J connectivity index is 1.68. The van der Waals surface area contributed by atoms with Crippen molar-refractivity contribution < 1.29 is 4.79 Å². The standard InChI is InChI=1S/C18H20N2O/c1-14-8-10-16(11-9-14)19-13-18(21)20-12-4-6-15-5-2-3-7-17(15)20/h2-3,5,7-11,19H,4,6,12-13H2,1H3. The van der Waals surface area contributed by atoms with E-state index in [9.17, 15) is 4.79 Å². The molecule has 1 N–H and O–H groups in total. The highest BCUT2D eigenvalue weighted by molar-refractivity contribution is 5.97. The van der Waals surface area contributed by atoms with E-state index in [1.54, 1.807) is 0 Å². The third kappa shape index (κ3) is 3.07. The van der Waals surface area contributed by atoms with Crippen molar-refractivity contribution in [3.8, 4) is 0 Å². The number of amides is 1. The molecule has 1 amide bonds. The summed E-state index contributed by atoms with van der Waals surface area (Å²) >= 11 is 0. The normalized spacial score (nSPS) is 13.7. The van der Waals surface area contributed by atoms with E-state index in [0.717, 1.165) is 30.8 Å². The van der Waals surface area contributed by atoms with Crippen LogP contribution in [0.4, 0.5) is 11.4 Å². The number of nitrogens with zero attached hydrogens (tertiary/aromatic N) is 1. The summed E-state index contributed by atoms with van der Waals surface area (Å²) < 4.78 is 0. The summed E-state index contributed by atoms with van der Waals surface area (Å²) in [7, 11) is 0. The summed E-state index contributed by atoms with van der Waals surface area (Å²) in [6.45, 7) is 3.20. The smallest absolute Gasteiger partial charge is 0.246 e. The van der Waals surface area contributed by atoms with Gasteiger partial charge in [-0.15, -0.1) is 0 Å². The summed E-state index contributed by atoms with van der Waals surface area (Å²) in [6, 6.07) is 16.3. The Hall–Kier alpha value is -2.29. The lowest BCUT2D eigenvalue weighted by Gasteiger charge is -2.29. The summed E-state index contributed by atoms with van der Waals surface area (Å²) in [5.74, 6) is 0.128. The number of anilines is 2. The van der Waals surface area contributed by atoms with E-state index >= 15 is 0 Å². The maximum absolute atomic E-state index is 12.5. The molecule has 0 aromatic heterocycles. The predicted molar refractivity (Wildman–Crippen MR) is 86.8 cm³/mol. The van der Waals surface area contributed by atoms with Gasteiger partial charge in [-0.25, -0.2) is 0 Å². The topological polar surface area (TPSA) is 32.3 Å². The van der Waals surface area contributed by atoms with Crippen LogP contribution < -0.4 is 10.2 Å². The van der Waals surface area contributed by atoms with E-state index in [0.29, 0.717) is 6.54 Å². The maximum Gasteiger partial charge on any atom is 0.246 e. The number of aryl methyl sites for hydroxylation is 2. The second-order valence-corrected chi connectivity index (χ2v) is 5.50. The van der Waals surface area contributed by atoms with Crippen molar-refractivity contribution in [1.29, 1.82) is 0 Å². The second kappa shape index (κ2) is 6.00. The zero-order valence-electron chi connectivity index (χ0n) is 12.3. The van der Waals surface area contributed by atoms with Crippen LogP contribution in [0.2, 0.25) is 0 Å². The molecule has 1 aliphatic heterocycles. The van der Waals surface area contributed by atoms with Gasteiger partial charge in [0, 0.05) is 17.9 Å². The number of nitrogens with one attached hydrogen (secondary N) is 1. The summed E-state index contributed by atoms with van der Waals surface area (Å²) in [6.07, 6.45) is 2.10. The van der Waals surface area contributed by atoms with E-state index in [4.69, 9.17) is 0 Å². The average molecular weight is 280 g/mol. The van der Waals surface area contributed by atoms with Gasteiger partial charge in [0.1, 0.15) is 0 Å². The van der Waals surface area contributed by atoms with E-state index < -0.39 is 0 Å². The molecule has 0 spiro atoms. The lowest BCUT2D eigenvalue weighted by atomic mass is 10.0. The SMILES string of the molecule is Cc1ccc(NCC(=O)N2CCCc3ccccc32)cc1. The third-order valence-corrected chi connectivity index (χ3v) is 3.91. The molecule has 0 unspecified atom stereocenters. The van der Waals surface area contributed by atoms with Crippen LogP contribution in [0.1, 0.15) is 17.5 Å². The van der Waals surface area contributed by atoms with Gasteiger partial charge in [-0.1, -0.05) is 35.9 Å². The first kappa shape index (κ1) is 13.7. The number of hydrogen-bond donors (Lipinski definition) is 1. The lowest BCUT2D eigenvalue weighted by Crippen LogP contribution is -2.39. The molecule has 0 fully saturated rings. The summed E-state index contributed by atoms with van der Waals surface area (Å²) in [5.41, 5.74) is 4.54. The van der Waals surface area contributed by atoms with Crippen molar-refractivity contribution in [2.75, 3.05) is 23.3 Å². The lowest BCUT2D eigenvalue weighted by molar-refractivity contribution is -0.117. The number of carbonyl (C=O) groups excluding carboxylic acids is 1. The van der Waals surface area contributed by atoms with Gasteiger partial charge in [0.2, 0.25) is 5.91 Å². The van der Waals surface area contributed by atoms with Crippen molar-refractivity contribution in [1.82, 2.24) is 0 Å². The van der Waals surface area contributed by atoms with Crippen LogP contribution in [0, 0.1) is 6.92 Å². The fraction of sp³-hybridized carbons (Fsp3) is 0.278. The van der Waals surface area contributed by atoms with E-state index in [1.807, 2.05) is 47.4 Å². The van der Waals surface area contributed by atoms with Crippen LogP contribution in [0.3, 0.4) is 0 Å². The fourth-order valence-corrected chi connectivity index (χ4v) is 2.74. The Bertz CT molecular complexity index is 634. The molecule has 2 aromatic rings. The minimum atomic E-state index is 0.128. The Kier molecular flexibility index (Phi) is 3.91. The molecule has 0 radical (unpaired) electrons. The molecular formula is C18H20N2O. The predicted octanol–water partition coefficient (Wildman–Crippen LogP) is 3.39. The molecule has 0 saturated heterocycles. The first-order valence-corrected chi connectivity index (χ1v) is 7.43. The molecule has 1 aliphatic rings. The number of para-hydroxylation sites is 1. The van der Waals surface area contributed by atoms with Crippen LogP contribution in [-0.4, -0.2) is 19.0 Å². The van der Waals surface area contributed by atoms with E-state index in [1.165, 1.54) is 11.1 Å². The highest BCUT2D eigenvalue weighted by Gasteiger charge is 2.21. The zero-order chi connectivity index (χ0) is 14.7. The molecule has 108 valence electrons. The molecule has 3 heteroatoms. The first-order chi connectivity index (χ1) is 10.2. The number of rotatable bonds is 3. The van der Waals surface area contributed by atoms with Gasteiger partial charge in [0.25, 0.3) is 0 Å². The summed E-state index contributed by atoms with van der Waals surface area (Å²) in [4.78, 5) is 14.4. The van der Waals surface area contributed by atoms with Gasteiger partial charge < -0.3 is 10.2 Å². The number of benzene rings is 2. The van der Waals surface area contributed by atoms with Crippen LogP contribution in [0.15, 0.2) is 48.5 Å². The molecule has 3 rings (SSSR count). The fourth-order valence-electron chi connectivity index (χ4n) is 2.74. The summed E-state index contributed by atoms with van der Waals surface area (Å²) in [5, 5.41) is 3.21. The Morgan fingerprint density at radius 3 is 2.71 bits per heavy atom. The molecule has 2 aromatic carbocycles. The van der Waals surface area contributed by atoms with Crippen molar-refractivity contribution in [3.05, 3.63) is 59.7 Å². The molecule has 21 heavy (non-hydrogen) atoms. The van der Waals surface area contributed by atoms with Crippen molar-refractivity contribution in [2.24, 2.45) is 0 Å². The van der Waals surface area contributed by atoms with Gasteiger partial charge in [0.15, 0.2) is 0 Å². The van der Waals surface area contributed by atoms with Crippen LogP contribution >= 0.6 is 0 Å². The van der Waals surface area contributed by atoms with Crippen LogP contribution in [-0.2, 0) is 11.2 Å². The molecular weight excluding hydrogens is 260 g/mol. The minimum absolute atomic E-state index is 0.128. The van der Waals surface area contributed by atoms with Gasteiger partial charge >= 0.3 is 0 Å². The largest absolute Gasteiger partial charge is 0.376 e. The highest BCUT2D eigenvalue weighted by atomic mass is 16.2. The monoisotopic (exact) mass is 280 g/mol. The van der Waals surface area contributed by atoms with Crippen molar-refractivity contribution >= 4 is 17.3 Å². The van der Waals surface area contributed by atoms with Gasteiger partial charge in [0.05, 0.1) is 6.54 Å². The van der Waals surface area contributed by atoms with E-state index in [2.05, 4.69) is 18.3 Å². The zero-order valence-corrected chi connectivity index (χ0v) is 12.3. The number of fused-ring (bicyclic) bond motifs is 1. The first-order valence-electron chi connectivity index (χ1n) is 7.43. The Labute approximate surface area is 125 Å². The Morgan fingerprint density at radius 2 is 1.90 bits per heavy atom. The van der Waals surface area contributed by atoms with Crippen LogP contribution in [0.5, 0.6) is 0 Å². The van der Waals surface area contributed by atoms with Crippen LogP contribution in [0.25, 0.3) is 0 Å². The number of carbonyl (C=O) groups is 1. The third-order valence-electron chi connectivity index (χ3n) is 3.91. The van der Waals surface area contributed by atoms with Gasteiger partial charge in [-0.3, -0.25) is 4.79 Å². The molecule has 0 bridgehead atoms. The van der Waals surface area contributed by atoms with Crippen molar-refractivity contribution in [2.45, 2.75) is 19.8 Å². The van der Waals surface area contributed by atoms with E-state index in [-0.39, 0.29) is 5.91 Å².